The van der Waals surface area contributed by atoms with Gasteiger partial charge in [0.2, 0.25) is 6.54 Å². The zero-order chi connectivity index (χ0) is 13.5. The number of carbonyl (C=O) groups is 1. The van der Waals surface area contributed by atoms with E-state index < -0.39 is 0 Å². The van der Waals surface area contributed by atoms with Gasteiger partial charge in [-0.05, 0) is 18.1 Å². The molecule has 0 fully saturated rings. The first kappa shape index (κ1) is 14.8. The molecular weight excluding hydrogens is 298 g/mol. The van der Waals surface area contributed by atoms with Crippen LogP contribution >= 0.6 is 15.9 Å². The minimum atomic E-state index is -0.368. The Kier molecular flexibility index (Phi) is 5.98. The summed E-state index contributed by atoms with van der Waals surface area (Å²) in [6.45, 7) is 1.76. The molecule has 0 aliphatic heterocycles. The highest BCUT2D eigenvalue weighted by atomic mass is 79.9. The number of benzene rings is 1. The Balaban J connectivity index is 3.07. The lowest BCUT2D eigenvalue weighted by molar-refractivity contribution is -0.484. The van der Waals surface area contributed by atoms with E-state index in [0.717, 1.165) is 22.7 Å². The second-order valence-electron chi connectivity index (χ2n) is 4.23. The van der Waals surface area contributed by atoms with Crippen molar-refractivity contribution in [2.45, 2.75) is 25.7 Å². The van der Waals surface area contributed by atoms with Gasteiger partial charge in [0.1, 0.15) is 6.29 Å². The summed E-state index contributed by atoms with van der Waals surface area (Å²) >= 11 is 3.40. The number of hydrogen-bond donors (Lipinski definition) is 0. The summed E-state index contributed by atoms with van der Waals surface area (Å²) in [5.41, 5.74) is 0.833. The highest BCUT2D eigenvalue weighted by molar-refractivity contribution is 9.10. The topological polar surface area (TPSA) is 60.2 Å². The summed E-state index contributed by atoms with van der Waals surface area (Å²) in [5.74, 6) is -0.674. The van der Waals surface area contributed by atoms with E-state index in [4.69, 9.17) is 0 Å². The van der Waals surface area contributed by atoms with Gasteiger partial charge in [0.05, 0.1) is 5.92 Å². The number of hydrogen-bond acceptors (Lipinski definition) is 3. The van der Waals surface area contributed by atoms with Crippen molar-refractivity contribution in [3.63, 3.8) is 0 Å². The van der Waals surface area contributed by atoms with E-state index in [1.54, 1.807) is 0 Å². The van der Waals surface area contributed by atoms with Gasteiger partial charge in [-0.15, -0.1) is 0 Å². The largest absolute Gasteiger partial charge is 0.303 e. The lowest BCUT2D eigenvalue weighted by atomic mass is 9.84. The maximum Gasteiger partial charge on any atom is 0.211 e. The number of nitro groups is 1. The standard InChI is InChI=1S/C13H16BrNO3/c1-2-5-10(9-16)12(8-15(17)18)11-6-3-4-7-13(11)14/h3-4,6-7,9-10,12H,2,5,8H2,1H3/t10-,12-/m1/s1. The second-order valence-corrected chi connectivity index (χ2v) is 5.09. The molecule has 98 valence electrons. The Hall–Kier alpha value is -1.23. The summed E-state index contributed by atoms with van der Waals surface area (Å²) < 4.78 is 0.819. The fourth-order valence-corrected chi connectivity index (χ4v) is 2.68. The van der Waals surface area contributed by atoms with E-state index >= 15 is 0 Å². The first-order valence-corrected chi connectivity index (χ1v) is 6.71. The third-order valence-electron chi connectivity index (χ3n) is 2.96. The molecule has 2 atom stereocenters. The van der Waals surface area contributed by atoms with Gasteiger partial charge in [0.15, 0.2) is 0 Å². The van der Waals surface area contributed by atoms with Crippen molar-refractivity contribution in [1.29, 1.82) is 0 Å². The van der Waals surface area contributed by atoms with Crippen LogP contribution in [0.1, 0.15) is 31.2 Å². The molecule has 0 aromatic heterocycles. The van der Waals surface area contributed by atoms with E-state index in [2.05, 4.69) is 15.9 Å². The number of nitrogens with zero attached hydrogens (tertiary/aromatic N) is 1. The molecule has 1 aromatic carbocycles. The first-order valence-electron chi connectivity index (χ1n) is 5.91. The summed E-state index contributed by atoms with van der Waals surface area (Å²) in [6.07, 6.45) is 2.35. The van der Waals surface area contributed by atoms with Gasteiger partial charge in [0, 0.05) is 15.3 Å². The van der Waals surface area contributed by atoms with Crippen molar-refractivity contribution in [3.05, 3.63) is 44.4 Å². The Bertz CT molecular complexity index is 422. The fourth-order valence-electron chi connectivity index (χ4n) is 2.10. The monoisotopic (exact) mass is 313 g/mol. The molecule has 0 aliphatic rings. The molecule has 1 rings (SSSR count). The molecule has 0 aliphatic carbocycles. The molecule has 0 N–H and O–H groups in total. The highest BCUT2D eigenvalue weighted by Gasteiger charge is 2.28. The molecular formula is C13H16BrNO3. The van der Waals surface area contributed by atoms with E-state index in [1.807, 2.05) is 31.2 Å². The molecule has 0 unspecified atom stereocenters. The summed E-state index contributed by atoms with van der Waals surface area (Å²) in [5, 5.41) is 10.8. The molecule has 0 saturated heterocycles. The summed E-state index contributed by atoms with van der Waals surface area (Å²) in [6, 6.07) is 7.37. The molecule has 18 heavy (non-hydrogen) atoms. The Morgan fingerprint density at radius 1 is 1.44 bits per heavy atom. The van der Waals surface area contributed by atoms with Gasteiger partial charge >= 0.3 is 0 Å². The van der Waals surface area contributed by atoms with Crippen LogP contribution in [0.5, 0.6) is 0 Å². The smallest absolute Gasteiger partial charge is 0.211 e. The molecule has 4 nitrogen and oxygen atoms in total. The molecule has 0 radical (unpaired) electrons. The van der Waals surface area contributed by atoms with Crippen LogP contribution in [0.15, 0.2) is 28.7 Å². The molecule has 0 heterocycles. The Morgan fingerprint density at radius 2 is 2.11 bits per heavy atom. The maximum absolute atomic E-state index is 11.2. The van der Waals surface area contributed by atoms with Crippen molar-refractivity contribution >= 4 is 22.2 Å². The van der Waals surface area contributed by atoms with Crippen LogP contribution in [0, 0.1) is 16.0 Å². The van der Waals surface area contributed by atoms with Crippen LogP contribution in [-0.4, -0.2) is 17.8 Å². The van der Waals surface area contributed by atoms with E-state index in [0.29, 0.717) is 6.42 Å². The quantitative estimate of drug-likeness (QED) is 0.440. The average molecular weight is 314 g/mol. The number of aldehydes is 1. The first-order chi connectivity index (χ1) is 8.60. The van der Waals surface area contributed by atoms with Crippen LogP contribution in [0.4, 0.5) is 0 Å². The summed E-state index contributed by atoms with van der Waals surface area (Å²) in [7, 11) is 0. The van der Waals surface area contributed by atoms with Crippen LogP contribution in [0.2, 0.25) is 0 Å². The van der Waals surface area contributed by atoms with Crippen LogP contribution < -0.4 is 0 Å². The normalized spacial score (nSPS) is 13.9. The van der Waals surface area contributed by atoms with Gasteiger partial charge in [0.25, 0.3) is 0 Å². The van der Waals surface area contributed by atoms with Crippen LogP contribution in [0.25, 0.3) is 0 Å². The van der Waals surface area contributed by atoms with Gasteiger partial charge < -0.3 is 4.79 Å². The maximum atomic E-state index is 11.2. The Labute approximate surface area is 115 Å². The molecule has 1 aromatic rings. The predicted octanol–water partition coefficient (Wildman–Crippen LogP) is 3.42. The molecule has 0 spiro atoms. The number of halogens is 1. The third kappa shape index (κ3) is 3.91. The zero-order valence-electron chi connectivity index (χ0n) is 10.2. The predicted molar refractivity (Wildman–Crippen MR) is 73.2 cm³/mol. The third-order valence-corrected chi connectivity index (χ3v) is 3.69. The van der Waals surface area contributed by atoms with Crippen molar-refractivity contribution in [3.8, 4) is 0 Å². The van der Waals surface area contributed by atoms with Crippen molar-refractivity contribution < 1.29 is 9.72 Å². The summed E-state index contributed by atoms with van der Waals surface area (Å²) in [4.78, 5) is 21.6. The van der Waals surface area contributed by atoms with Crippen molar-refractivity contribution in [1.82, 2.24) is 0 Å². The van der Waals surface area contributed by atoms with Gasteiger partial charge in [-0.2, -0.15) is 0 Å². The van der Waals surface area contributed by atoms with Crippen LogP contribution in [-0.2, 0) is 4.79 Å². The van der Waals surface area contributed by atoms with Gasteiger partial charge in [-0.25, -0.2) is 0 Å². The van der Waals surface area contributed by atoms with E-state index in [-0.39, 0.29) is 23.3 Å². The van der Waals surface area contributed by atoms with Crippen LogP contribution in [0.3, 0.4) is 0 Å². The number of rotatable bonds is 7. The van der Waals surface area contributed by atoms with Crippen molar-refractivity contribution in [2.75, 3.05) is 6.54 Å². The van der Waals surface area contributed by atoms with E-state index in [9.17, 15) is 14.9 Å². The average Bonchev–Trinajstić information content (AvgIpc) is 2.34. The SMILES string of the molecule is CCC[C@H](C=O)[C@@H](C[N+](=O)[O-])c1ccccc1Br. The number of carbonyl (C=O) groups excluding carboxylic acids is 1. The minimum absolute atomic E-state index is 0.216. The molecule has 0 amide bonds. The molecule has 0 saturated carbocycles. The zero-order valence-corrected chi connectivity index (χ0v) is 11.8. The molecule has 5 heteroatoms. The Morgan fingerprint density at radius 3 is 2.61 bits per heavy atom. The van der Waals surface area contributed by atoms with Gasteiger partial charge in [-0.1, -0.05) is 47.5 Å². The van der Waals surface area contributed by atoms with Crippen molar-refractivity contribution in [2.24, 2.45) is 5.92 Å². The van der Waals surface area contributed by atoms with E-state index in [1.165, 1.54) is 0 Å². The lowest BCUT2D eigenvalue weighted by Gasteiger charge is -2.20. The fraction of sp³-hybridized carbons (Fsp3) is 0.462. The molecule has 0 bridgehead atoms. The minimum Gasteiger partial charge on any atom is -0.303 e. The highest BCUT2D eigenvalue weighted by Crippen LogP contribution is 2.32. The van der Waals surface area contributed by atoms with Gasteiger partial charge in [-0.3, -0.25) is 10.1 Å². The lowest BCUT2D eigenvalue weighted by Crippen LogP contribution is -2.22. The second kappa shape index (κ2) is 7.26.